The third-order valence-corrected chi connectivity index (χ3v) is 1.58. The number of carbonyl (C=O) groups is 2. The van der Waals surface area contributed by atoms with E-state index in [0.29, 0.717) is 13.0 Å². The van der Waals surface area contributed by atoms with Crippen LogP contribution in [0.15, 0.2) is 0 Å². The monoisotopic (exact) mass is 143 g/mol. The first-order valence-corrected chi connectivity index (χ1v) is 2.93. The van der Waals surface area contributed by atoms with Crippen LogP contribution in [0.2, 0.25) is 0 Å². The lowest BCUT2D eigenvalue weighted by Crippen LogP contribution is -2.55. The Morgan fingerprint density at radius 2 is 2.10 bits per heavy atom. The zero-order valence-electron chi connectivity index (χ0n) is 5.05. The number of ether oxygens (including phenoxy) is 2. The zero-order valence-corrected chi connectivity index (χ0v) is 5.05. The van der Waals surface area contributed by atoms with Gasteiger partial charge in [0.25, 0.3) is 0 Å². The highest BCUT2D eigenvalue weighted by atomic mass is 16.9. The van der Waals surface area contributed by atoms with Gasteiger partial charge in [-0.05, 0) is 0 Å². The minimum Gasteiger partial charge on any atom is -0.381 e. The molecule has 2 heterocycles. The van der Waals surface area contributed by atoms with Gasteiger partial charge in [0.15, 0.2) is 0 Å². The second kappa shape index (κ2) is 1.42. The maximum atomic E-state index is 10.8. The molecule has 0 bridgehead atoms. The molecule has 54 valence electrons. The van der Waals surface area contributed by atoms with Crippen molar-refractivity contribution in [3.63, 3.8) is 0 Å². The van der Waals surface area contributed by atoms with Crippen LogP contribution in [-0.2, 0) is 14.3 Å². The number of hydrogen-bond donors (Lipinski definition) is 1. The Bertz CT molecular complexity index is 204. The first-order valence-electron chi connectivity index (χ1n) is 2.93. The Kier molecular flexibility index (Phi) is 0.783. The molecule has 0 aromatic heterocycles. The summed E-state index contributed by atoms with van der Waals surface area (Å²) >= 11 is 0. The first-order chi connectivity index (χ1) is 4.73. The summed E-state index contributed by atoms with van der Waals surface area (Å²) in [4.78, 5) is 21.0. The molecule has 0 atom stereocenters. The van der Waals surface area contributed by atoms with Crippen molar-refractivity contribution in [1.82, 2.24) is 5.32 Å². The molecule has 0 unspecified atom stereocenters. The quantitative estimate of drug-likeness (QED) is 0.458. The topological polar surface area (TPSA) is 64.6 Å². The van der Waals surface area contributed by atoms with E-state index in [0.717, 1.165) is 0 Å². The Balaban J connectivity index is 2.17. The van der Waals surface area contributed by atoms with Gasteiger partial charge < -0.3 is 14.8 Å². The smallest absolute Gasteiger partial charge is 0.381 e. The van der Waals surface area contributed by atoms with Crippen LogP contribution < -0.4 is 5.32 Å². The normalized spacial score (nSPS) is 26.8. The van der Waals surface area contributed by atoms with Gasteiger partial charge in [-0.25, -0.2) is 4.79 Å². The van der Waals surface area contributed by atoms with Crippen molar-refractivity contribution in [3.8, 4) is 0 Å². The van der Waals surface area contributed by atoms with Crippen LogP contribution in [0, 0.1) is 0 Å². The van der Waals surface area contributed by atoms with Crippen molar-refractivity contribution in [2.45, 2.75) is 12.2 Å². The van der Waals surface area contributed by atoms with Crippen molar-refractivity contribution < 1.29 is 19.1 Å². The molecule has 0 radical (unpaired) electrons. The molecule has 0 aliphatic carbocycles. The number of hydrogen-bond acceptors (Lipinski definition) is 4. The van der Waals surface area contributed by atoms with Crippen LogP contribution >= 0.6 is 0 Å². The molecule has 0 aromatic rings. The fourth-order valence-electron chi connectivity index (χ4n) is 1.06. The summed E-state index contributed by atoms with van der Waals surface area (Å²) in [5.41, 5.74) is 0. The second-order valence-electron chi connectivity index (χ2n) is 2.21. The Morgan fingerprint density at radius 3 is 2.50 bits per heavy atom. The average Bonchev–Trinajstić information content (AvgIpc) is 2.12. The van der Waals surface area contributed by atoms with Crippen molar-refractivity contribution in [2.75, 3.05) is 6.54 Å². The summed E-state index contributed by atoms with van der Waals surface area (Å²) in [5, 5.41) is 2.49. The van der Waals surface area contributed by atoms with Crippen molar-refractivity contribution in [3.05, 3.63) is 0 Å². The largest absolute Gasteiger partial charge is 0.515 e. The molecule has 2 aliphatic heterocycles. The van der Waals surface area contributed by atoms with E-state index in [1.807, 2.05) is 0 Å². The lowest BCUT2D eigenvalue weighted by molar-refractivity contribution is -0.251. The fraction of sp³-hybridized carbons (Fsp3) is 0.600. The summed E-state index contributed by atoms with van der Waals surface area (Å²) in [6, 6.07) is 0. The van der Waals surface area contributed by atoms with Crippen molar-refractivity contribution >= 4 is 12.1 Å². The van der Waals surface area contributed by atoms with E-state index in [2.05, 4.69) is 14.8 Å². The highest BCUT2D eigenvalue weighted by molar-refractivity contribution is 5.92. The minimum atomic E-state index is -1.25. The van der Waals surface area contributed by atoms with Gasteiger partial charge in [0.2, 0.25) is 0 Å². The summed E-state index contributed by atoms with van der Waals surface area (Å²) in [5.74, 6) is -1.61. The lowest BCUT2D eigenvalue weighted by atomic mass is 10.2. The van der Waals surface area contributed by atoms with Crippen LogP contribution in [0.25, 0.3) is 0 Å². The summed E-state index contributed by atoms with van der Waals surface area (Å²) in [7, 11) is 0. The maximum absolute atomic E-state index is 10.8. The SMILES string of the molecule is O=C1OC2(CCNC2=O)O1. The molecule has 5 nitrogen and oxygen atoms in total. The van der Waals surface area contributed by atoms with Crippen molar-refractivity contribution in [2.24, 2.45) is 0 Å². The molecule has 1 N–H and O–H groups in total. The van der Waals surface area contributed by atoms with E-state index in [9.17, 15) is 9.59 Å². The predicted octanol–water partition coefficient (Wildman–Crippen LogP) is -0.631. The van der Waals surface area contributed by atoms with E-state index in [-0.39, 0.29) is 5.91 Å². The molecule has 10 heavy (non-hydrogen) atoms. The number of nitrogens with one attached hydrogen (secondary N) is 1. The van der Waals surface area contributed by atoms with Gasteiger partial charge in [-0.3, -0.25) is 4.79 Å². The lowest BCUT2D eigenvalue weighted by Gasteiger charge is -2.32. The minimum absolute atomic E-state index is 0.355. The van der Waals surface area contributed by atoms with Gasteiger partial charge >= 0.3 is 17.8 Å². The molecule has 0 aromatic carbocycles. The van der Waals surface area contributed by atoms with Gasteiger partial charge in [0, 0.05) is 6.54 Å². The standard InChI is InChI=1S/C5H5NO4/c7-3-5(1-2-6-3)9-4(8)10-5/h1-2H2,(H,6,7). The molecule has 5 heteroatoms. The van der Waals surface area contributed by atoms with Gasteiger partial charge in [0.1, 0.15) is 0 Å². The molecule has 2 fully saturated rings. The highest BCUT2D eigenvalue weighted by Gasteiger charge is 2.58. The Labute approximate surface area is 56.3 Å². The fourth-order valence-corrected chi connectivity index (χ4v) is 1.06. The van der Waals surface area contributed by atoms with E-state index in [1.54, 1.807) is 0 Å². The van der Waals surface area contributed by atoms with Crippen molar-refractivity contribution in [1.29, 1.82) is 0 Å². The summed E-state index contributed by atoms with van der Waals surface area (Å²) < 4.78 is 9.05. The van der Waals surface area contributed by atoms with E-state index in [1.165, 1.54) is 0 Å². The van der Waals surface area contributed by atoms with E-state index in [4.69, 9.17) is 0 Å². The molecular formula is C5H5NO4. The molecule has 1 amide bonds. The van der Waals surface area contributed by atoms with Crippen LogP contribution in [-0.4, -0.2) is 24.4 Å². The van der Waals surface area contributed by atoms with Crippen LogP contribution in [0.3, 0.4) is 0 Å². The predicted molar refractivity (Wildman–Crippen MR) is 27.9 cm³/mol. The molecule has 0 saturated carbocycles. The molecular weight excluding hydrogens is 138 g/mol. The summed E-state index contributed by atoms with van der Waals surface area (Å²) in [6.07, 6.45) is -0.352. The molecule has 2 aliphatic rings. The van der Waals surface area contributed by atoms with E-state index >= 15 is 0 Å². The van der Waals surface area contributed by atoms with Gasteiger partial charge in [-0.1, -0.05) is 0 Å². The third-order valence-electron chi connectivity index (χ3n) is 1.58. The van der Waals surface area contributed by atoms with E-state index < -0.39 is 11.9 Å². The molecule has 2 rings (SSSR count). The molecule has 2 saturated heterocycles. The van der Waals surface area contributed by atoms with Gasteiger partial charge in [-0.15, -0.1) is 0 Å². The van der Waals surface area contributed by atoms with Gasteiger partial charge in [0.05, 0.1) is 6.42 Å². The average molecular weight is 143 g/mol. The maximum Gasteiger partial charge on any atom is 0.515 e. The second-order valence-corrected chi connectivity index (χ2v) is 2.21. The summed E-state index contributed by atoms with van der Waals surface area (Å²) in [6.45, 7) is 0.506. The van der Waals surface area contributed by atoms with Gasteiger partial charge in [-0.2, -0.15) is 0 Å². The number of amides is 1. The molecule has 1 spiro atoms. The van der Waals surface area contributed by atoms with Crippen LogP contribution in [0.4, 0.5) is 4.79 Å². The van der Waals surface area contributed by atoms with Crippen LogP contribution in [0.1, 0.15) is 6.42 Å². The zero-order chi connectivity index (χ0) is 7.19. The Morgan fingerprint density at radius 1 is 1.40 bits per heavy atom. The Hall–Kier alpha value is -1.26. The first kappa shape index (κ1) is 5.52. The highest BCUT2D eigenvalue weighted by Crippen LogP contribution is 2.31. The number of rotatable bonds is 0. The third kappa shape index (κ3) is 0.470. The van der Waals surface area contributed by atoms with Crippen LogP contribution in [0.5, 0.6) is 0 Å². The number of carbonyl (C=O) groups excluding carboxylic acids is 2.